The average molecular weight is 470 g/mol. The van der Waals surface area contributed by atoms with Crippen molar-refractivity contribution in [3.8, 4) is 10.6 Å². The first-order chi connectivity index (χ1) is 15.5. The first kappa shape index (κ1) is 22.2. The van der Waals surface area contributed by atoms with E-state index < -0.39 is 10.0 Å². The van der Waals surface area contributed by atoms with Gasteiger partial charge in [0, 0.05) is 29.5 Å². The van der Waals surface area contributed by atoms with Gasteiger partial charge in [0.25, 0.3) is 10.0 Å². The average Bonchev–Trinajstić information content (AvgIpc) is 3.38. The lowest BCUT2D eigenvalue weighted by atomic mass is 10.1. The van der Waals surface area contributed by atoms with E-state index >= 15 is 0 Å². The minimum absolute atomic E-state index is 0.129. The number of hydrogen-bond acceptors (Lipinski definition) is 7. The highest BCUT2D eigenvalue weighted by atomic mass is 32.2. The van der Waals surface area contributed by atoms with E-state index in [1.54, 1.807) is 24.3 Å². The number of aromatic nitrogens is 1. The Morgan fingerprint density at radius 2 is 1.94 bits per heavy atom. The number of aliphatic imine (C=N–C) groups is 1. The number of nitrogens with zero attached hydrogens (tertiary/aromatic N) is 2. The summed E-state index contributed by atoms with van der Waals surface area (Å²) in [5, 5.41) is 2.79. The SMILES string of the molecule is CCc1ccc(-c2nc(COC(=O)CCCN=C3NS(=O)(=O)c4ccccc43)cs2)cc1. The summed E-state index contributed by atoms with van der Waals surface area (Å²) in [6.45, 7) is 2.56. The van der Waals surface area contributed by atoms with Crippen molar-refractivity contribution in [1.29, 1.82) is 0 Å². The Kier molecular flexibility index (Phi) is 6.66. The summed E-state index contributed by atoms with van der Waals surface area (Å²) < 4.78 is 31.9. The third-order valence-corrected chi connectivity index (χ3v) is 7.35. The van der Waals surface area contributed by atoms with Crippen LogP contribution in [0, 0.1) is 0 Å². The van der Waals surface area contributed by atoms with E-state index in [1.807, 2.05) is 5.38 Å². The number of thiazole rings is 1. The number of fused-ring (bicyclic) bond motifs is 1. The number of aryl methyl sites for hydroxylation is 1. The number of carbonyl (C=O) groups is 1. The number of ether oxygens (including phenoxy) is 1. The van der Waals surface area contributed by atoms with E-state index in [9.17, 15) is 13.2 Å². The second-order valence-electron chi connectivity index (χ2n) is 7.29. The van der Waals surface area contributed by atoms with Crippen LogP contribution < -0.4 is 4.72 Å². The molecule has 32 heavy (non-hydrogen) atoms. The summed E-state index contributed by atoms with van der Waals surface area (Å²) in [6.07, 6.45) is 1.65. The van der Waals surface area contributed by atoms with Gasteiger partial charge in [0.15, 0.2) is 0 Å². The Labute approximate surface area is 191 Å². The second kappa shape index (κ2) is 9.62. The third kappa shape index (κ3) is 5.05. The number of esters is 1. The fourth-order valence-electron chi connectivity index (χ4n) is 3.28. The molecule has 0 saturated heterocycles. The van der Waals surface area contributed by atoms with Crippen LogP contribution in [0.4, 0.5) is 0 Å². The van der Waals surface area contributed by atoms with Crippen LogP contribution in [-0.2, 0) is 32.6 Å². The van der Waals surface area contributed by atoms with Crippen molar-refractivity contribution < 1.29 is 17.9 Å². The lowest BCUT2D eigenvalue weighted by molar-refractivity contribution is -0.145. The Morgan fingerprint density at radius 1 is 1.16 bits per heavy atom. The van der Waals surface area contributed by atoms with Gasteiger partial charge in [-0.25, -0.2) is 13.4 Å². The largest absolute Gasteiger partial charge is 0.459 e. The van der Waals surface area contributed by atoms with Gasteiger partial charge in [0.2, 0.25) is 0 Å². The molecule has 1 aliphatic rings. The normalized spacial score (nSPS) is 15.3. The van der Waals surface area contributed by atoms with E-state index in [0.29, 0.717) is 24.4 Å². The quantitative estimate of drug-likeness (QED) is 0.398. The first-order valence-electron chi connectivity index (χ1n) is 10.3. The van der Waals surface area contributed by atoms with Gasteiger partial charge in [0.05, 0.1) is 10.6 Å². The molecule has 9 heteroatoms. The molecule has 1 aromatic heterocycles. The van der Waals surface area contributed by atoms with Crippen molar-refractivity contribution in [2.24, 2.45) is 4.99 Å². The van der Waals surface area contributed by atoms with Crippen molar-refractivity contribution in [3.63, 3.8) is 0 Å². The molecule has 0 spiro atoms. The van der Waals surface area contributed by atoms with E-state index in [2.05, 4.69) is 45.9 Å². The first-order valence-corrected chi connectivity index (χ1v) is 12.7. The lowest BCUT2D eigenvalue weighted by Crippen LogP contribution is -2.22. The highest BCUT2D eigenvalue weighted by Gasteiger charge is 2.29. The van der Waals surface area contributed by atoms with Crippen LogP contribution in [0.15, 0.2) is 63.8 Å². The van der Waals surface area contributed by atoms with Gasteiger partial charge in [-0.2, -0.15) is 0 Å². The number of amidine groups is 1. The molecule has 0 atom stereocenters. The van der Waals surface area contributed by atoms with Crippen molar-refractivity contribution in [2.45, 2.75) is 37.7 Å². The van der Waals surface area contributed by atoms with Gasteiger partial charge >= 0.3 is 5.97 Å². The fraction of sp³-hybridized carbons (Fsp3) is 0.261. The summed E-state index contributed by atoms with van der Waals surface area (Å²) in [6, 6.07) is 15.0. The van der Waals surface area contributed by atoms with Crippen molar-refractivity contribution in [2.75, 3.05) is 6.54 Å². The predicted molar refractivity (Wildman–Crippen MR) is 124 cm³/mol. The zero-order valence-corrected chi connectivity index (χ0v) is 19.2. The van der Waals surface area contributed by atoms with E-state index in [1.165, 1.54) is 16.9 Å². The van der Waals surface area contributed by atoms with Crippen molar-refractivity contribution >= 4 is 33.2 Å². The zero-order valence-electron chi connectivity index (χ0n) is 17.6. The molecule has 4 rings (SSSR count). The zero-order chi connectivity index (χ0) is 22.6. The summed E-state index contributed by atoms with van der Waals surface area (Å²) >= 11 is 1.52. The van der Waals surface area contributed by atoms with Crippen molar-refractivity contribution in [3.05, 3.63) is 70.7 Å². The molecule has 1 N–H and O–H groups in total. The molecule has 1 aliphatic heterocycles. The molecular formula is C23H23N3O4S2. The molecule has 0 unspecified atom stereocenters. The van der Waals surface area contributed by atoms with Crippen LogP contribution >= 0.6 is 11.3 Å². The van der Waals surface area contributed by atoms with Gasteiger partial charge < -0.3 is 4.74 Å². The smallest absolute Gasteiger partial charge is 0.306 e. The van der Waals surface area contributed by atoms with Crippen LogP contribution in [0.25, 0.3) is 10.6 Å². The number of carbonyl (C=O) groups excluding carboxylic acids is 1. The molecule has 7 nitrogen and oxygen atoms in total. The van der Waals surface area contributed by atoms with Crippen LogP contribution in [0.1, 0.15) is 36.6 Å². The molecular weight excluding hydrogens is 446 g/mol. The maximum absolute atomic E-state index is 12.1. The maximum Gasteiger partial charge on any atom is 0.306 e. The van der Waals surface area contributed by atoms with E-state index in [4.69, 9.17) is 4.74 Å². The third-order valence-electron chi connectivity index (χ3n) is 5.01. The van der Waals surface area contributed by atoms with Crippen LogP contribution in [-0.4, -0.2) is 31.8 Å². The summed E-state index contributed by atoms with van der Waals surface area (Å²) in [4.78, 5) is 21.1. The molecule has 0 fully saturated rings. The summed E-state index contributed by atoms with van der Waals surface area (Å²) in [5.74, 6) is -0.0182. The predicted octanol–water partition coefficient (Wildman–Crippen LogP) is 3.93. The van der Waals surface area contributed by atoms with E-state index in [-0.39, 0.29) is 23.9 Å². The van der Waals surface area contributed by atoms with Crippen LogP contribution in [0.3, 0.4) is 0 Å². The highest BCUT2D eigenvalue weighted by molar-refractivity contribution is 7.90. The van der Waals surface area contributed by atoms with Crippen LogP contribution in [0.2, 0.25) is 0 Å². The second-order valence-corrected chi connectivity index (χ2v) is 9.80. The molecule has 0 saturated carbocycles. The standard InChI is InChI=1S/C23H23N3O4S2/c1-2-16-9-11-17(12-10-16)23-25-18(15-31-23)14-30-21(27)8-5-13-24-22-19-6-3-4-7-20(19)32(28,29)26-22/h3-4,6-7,9-12,15H,2,5,8,13-14H2,1H3,(H,24,26). The minimum Gasteiger partial charge on any atom is -0.459 e. The molecule has 2 aromatic carbocycles. The molecule has 2 heterocycles. The molecule has 166 valence electrons. The van der Waals surface area contributed by atoms with Gasteiger partial charge in [-0.1, -0.05) is 43.3 Å². The molecule has 0 amide bonds. The molecule has 0 aliphatic carbocycles. The molecule has 0 bridgehead atoms. The number of rotatable bonds is 8. The Hall–Kier alpha value is -3.04. The number of sulfonamides is 1. The van der Waals surface area contributed by atoms with Gasteiger partial charge in [0.1, 0.15) is 17.5 Å². The molecule has 0 radical (unpaired) electrons. The Morgan fingerprint density at radius 3 is 2.72 bits per heavy atom. The Bertz CT molecular complexity index is 1250. The maximum atomic E-state index is 12.1. The summed E-state index contributed by atoms with van der Waals surface area (Å²) in [7, 11) is -3.55. The highest BCUT2D eigenvalue weighted by Crippen LogP contribution is 2.25. The molecule has 3 aromatic rings. The monoisotopic (exact) mass is 469 g/mol. The fourth-order valence-corrected chi connectivity index (χ4v) is 5.34. The number of benzene rings is 2. The topological polar surface area (TPSA) is 97.7 Å². The van der Waals surface area contributed by atoms with Crippen molar-refractivity contribution in [1.82, 2.24) is 9.71 Å². The lowest BCUT2D eigenvalue weighted by Gasteiger charge is -2.03. The van der Waals surface area contributed by atoms with E-state index in [0.717, 1.165) is 22.7 Å². The number of hydrogen-bond donors (Lipinski definition) is 1. The summed E-state index contributed by atoms with van der Waals surface area (Å²) in [5.41, 5.74) is 3.60. The number of nitrogens with one attached hydrogen (secondary N) is 1. The van der Waals surface area contributed by atoms with Crippen LogP contribution in [0.5, 0.6) is 0 Å². The minimum atomic E-state index is -3.55. The Balaban J connectivity index is 1.24. The van der Waals surface area contributed by atoms with Gasteiger partial charge in [-0.15, -0.1) is 11.3 Å². The van der Waals surface area contributed by atoms with Gasteiger partial charge in [-0.3, -0.25) is 14.5 Å². The van der Waals surface area contributed by atoms with Gasteiger partial charge in [-0.05, 0) is 30.5 Å².